The van der Waals surface area contributed by atoms with E-state index in [0.717, 1.165) is 46.3 Å². The van der Waals surface area contributed by atoms with Gasteiger partial charge in [0, 0.05) is 36.5 Å². The Bertz CT molecular complexity index is 1550. The number of carbonyl (C=O) groups excluding carboxylic acids is 1. The fraction of sp³-hybridized carbons (Fsp3) is 0.222. The first-order valence-electron chi connectivity index (χ1n) is 11.2. The van der Waals surface area contributed by atoms with Crippen LogP contribution in [0.5, 0.6) is 0 Å². The van der Waals surface area contributed by atoms with Crippen LogP contribution in [-0.4, -0.2) is 47.9 Å². The number of carbonyl (C=O) groups is 1. The quantitative estimate of drug-likeness (QED) is 0.470. The van der Waals surface area contributed by atoms with Crippen LogP contribution in [0.25, 0.3) is 33.4 Å². The molecule has 8 nitrogen and oxygen atoms in total. The molecular formula is C27H23N7O. The predicted octanol–water partition coefficient (Wildman–Crippen LogP) is 3.20. The Labute approximate surface area is 203 Å². The molecule has 172 valence electrons. The molecule has 0 aliphatic carbocycles. The lowest BCUT2D eigenvalue weighted by atomic mass is 9.97. The van der Waals surface area contributed by atoms with E-state index < -0.39 is 0 Å². The molecule has 1 amide bonds. The third kappa shape index (κ3) is 3.56. The van der Waals surface area contributed by atoms with Crippen LogP contribution in [-0.2, 0) is 7.05 Å². The maximum Gasteiger partial charge on any atom is 0.254 e. The number of aryl methyl sites for hydroxylation is 2. The van der Waals surface area contributed by atoms with Crippen LogP contribution in [0, 0.1) is 31.6 Å². The summed E-state index contributed by atoms with van der Waals surface area (Å²) < 4.78 is 1.95. The van der Waals surface area contributed by atoms with Crippen LogP contribution in [0.15, 0.2) is 36.8 Å². The number of likely N-dealkylation sites (tertiary alicyclic amines) is 1. The van der Waals surface area contributed by atoms with Gasteiger partial charge in [0.2, 0.25) is 5.82 Å². The number of aromatic nitrogens is 5. The zero-order chi connectivity index (χ0) is 24.7. The van der Waals surface area contributed by atoms with Crippen molar-refractivity contribution in [2.45, 2.75) is 25.8 Å². The Morgan fingerprint density at radius 2 is 1.94 bits per heavy atom. The zero-order valence-electron chi connectivity index (χ0n) is 19.5. The molecule has 0 unspecified atom stereocenters. The molecule has 3 aromatic heterocycles. The molecule has 0 radical (unpaired) electrons. The Hall–Kier alpha value is -4.69. The number of anilines is 1. The highest BCUT2D eigenvalue weighted by Gasteiger charge is 2.28. The fourth-order valence-electron chi connectivity index (χ4n) is 4.77. The van der Waals surface area contributed by atoms with Crippen LogP contribution in [0.1, 0.15) is 34.7 Å². The van der Waals surface area contributed by atoms with E-state index in [4.69, 9.17) is 18.6 Å². The molecule has 0 saturated carbocycles. The lowest BCUT2D eigenvalue weighted by Crippen LogP contribution is -2.34. The number of nitrogens with two attached hydrogens (primary N) is 1. The van der Waals surface area contributed by atoms with Crippen molar-refractivity contribution in [3.63, 3.8) is 0 Å². The second-order valence-corrected chi connectivity index (χ2v) is 8.48. The van der Waals surface area contributed by atoms with E-state index in [1.165, 1.54) is 6.33 Å². The first-order valence-corrected chi connectivity index (χ1v) is 11.2. The molecule has 8 heteroatoms. The summed E-state index contributed by atoms with van der Waals surface area (Å²) >= 11 is 0. The van der Waals surface area contributed by atoms with Crippen molar-refractivity contribution in [1.29, 1.82) is 0 Å². The maximum atomic E-state index is 13.1. The minimum Gasteiger partial charge on any atom is -0.383 e. The summed E-state index contributed by atoms with van der Waals surface area (Å²) in [6, 6.07) is 7.29. The van der Waals surface area contributed by atoms with Gasteiger partial charge in [-0.25, -0.2) is 19.9 Å². The Morgan fingerprint density at radius 1 is 1.17 bits per heavy atom. The van der Waals surface area contributed by atoms with Gasteiger partial charge < -0.3 is 15.2 Å². The third-order valence-corrected chi connectivity index (χ3v) is 6.49. The molecule has 1 aromatic carbocycles. The van der Waals surface area contributed by atoms with Crippen LogP contribution in [0.2, 0.25) is 0 Å². The molecule has 0 spiro atoms. The van der Waals surface area contributed by atoms with Crippen LogP contribution < -0.4 is 5.73 Å². The summed E-state index contributed by atoms with van der Waals surface area (Å²) in [5.41, 5.74) is 11.6. The molecule has 1 saturated heterocycles. The highest BCUT2D eigenvalue weighted by Crippen LogP contribution is 2.42. The summed E-state index contributed by atoms with van der Waals surface area (Å²) in [7, 11) is 1.91. The Balaban J connectivity index is 1.67. The van der Waals surface area contributed by atoms with E-state index >= 15 is 0 Å². The smallest absolute Gasteiger partial charge is 0.254 e. The minimum absolute atomic E-state index is 0.0629. The summed E-state index contributed by atoms with van der Waals surface area (Å²) in [5.74, 6) is 5.81. The standard InChI is InChI=1S/C27H23N7O/c1-5-19-8-7-13-34(19)27(35)18-11-9-17(10-12-18)22-23-25(28)30-15-31-26(23)33(4)24(22)20-14-29-21(6-2)32-16(20)3/h1-2,9-12,14-15,19H,7-8,13H2,3-4H3,(H2,28,30,31)/t19-/m1/s1. The average Bonchev–Trinajstić information content (AvgIpc) is 3.47. The molecule has 35 heavy (non-hydrogen) atoms. The number of hydrogen-bond donors (Lipinski definition) is 1. The molecule has 1 fully saturated rings. The van der Waals surface area contributed by atoms with E-state index in [1.54, 1.807) is 11.1 Å². The Morgan fingerprint density at radius 3 is 2.63 bits per heavy atom. The van der Waals surface area contributed by atoms with Gasteiger partial charge >= 0.3 is 0 Å². The highest BCUT2D eigenvalue weighted by molar-refractivity contribution is 6.08. The number of amides is 1. The van der Waals surface area contributed by atoms with Crippen molar-refractivity contribution >= 4 is 22.8 Å². The molecule has 4 heterocycles. The molecule has 1 atom stereocenters. The number of nitrogens with zero attached hydrogens (tertiary/aromatic N) is 6. The monoisotopic (exact) mass is 461 g/mol. The maximum absolute atomic E-state index is 13.1. The van der Waals surface area contributed by atoms with Crippen molar-refractivity contribution in [1.82, 2.24) is 29.4 Å². The predicted molar refractivity (Wildman–Crippen MR) is 135 cm³/mol. The van der Waals surface area contributed by atoms with Crippen molar-refractivity contribution in [3.8, 4) is 47.1 Å². The van der Waals surface area contributed by atoms with Gasteiger partial charge in [-0.3, -0.25) is 4.79 Å². The van der Waals surface area contributed by atoms with Crippen LogP contribution in [0.4, 0.5) is 5.82 Å². The molecule has 4 aromatic rings. The van der Waals surface area contributed by atoms with Gasteiger partial charge in [0.1, 0.15) is 17.8 Å². The molecule has 1 aliphatic heterocycles. The summed E-state index contributed by atoms with van der Waals surface area (Å²) in [4.78, 5) is 32.3. The lowest BCUT2D eigenvalue weighted by Gasteiger charge is -2.20. The van der Waals surface area contributed by atoms with E-state index in [0.29, 0.717) is 29.4 Å². The van der Waals surface area contributed by atoms with Gasteiger partial charge in [-0.1, -0.05) is 18.1 Å². The first-order chi connectivity index (χ1) is 16.9. The lowest BCUT2D eigenvalue weighted by molar-refractivity contribution is 0.0766. The number of benzene rings is 1. The second kappa shape index (κ2) is 8.58. The molecular weight excluding hydrogens is 438 g/mol. The number of rotatable bonds is 3. The second-order valence-electron chi connectivity index (χ2n) is 8.48. The number of hydrogen-bond acceptors (Lipinski definition) is 6. The van der Waals surface area contributed by atoms with Gasteiger partial charge in [0.05, 0.1) is 22.8 Å². The Kier molecular flexibility index (Phi) is 5.43. The fourth-order valence-corrected chi connectivity index (χ4v) is 4.77. The number of terminal acetylenes is 2. The van der Waals surface area contributed by atoms with E-state index in [-0.39, 0.29) is 11.9 Å². The summed E-state index contributed by atoms with van der Waals surface area (Å²) in [6.45, 7) is 2.55. The normalized spacial score (nSPS) is 15.2. The minimum atomic E-state index is -0.155. The largest absolute Gasteiger partial charge is 0.383 e. The first kappa shape index (κ1) is 22.1. The van der Waals surface area contributed by atoms with Crippen molar-refractivity contribution in [3.05, 3.63) is 53.9 Å². The highest BCUT2D eigenvalue weighted by atomic mass is 16.2. The van der Waals surface area contributed by atoms with Gasteiger partial charge in [0.15, 0.2) is 0 Å². The van der Waals surface area contributed by atoms with E-state index in [9.17, 15) is 4.79 Å². The average molecular weight is 462 g/mol. The SMILES string of the molecule is C#Cc1ncc(-c2c(-c3ccc(C(=O)N4CCC[C@H]4C#C)cc3)c3c(N)ncnc3n2C)c(C)n1. The summed E-state index contributed by atoms with van der Waals surface area (Å²) in [5, 5.41) is 0.719. The van der Waals surface area contributed by atoms with Crippen molar-refractivity contribution in [2.24, 2.45) is 7.05 Å². The molecule has 2 N–H and O–H groups in total. The van der Waals surface area contributed by atoms with Gasteiger partial charge in [-0.05, 0) is 43.4 Å². The molecule has 5 rings (SSSR count). The van der Waals surface area contributed by atoms with Crippen LogP contribution >= 0.6 is 0 Å². The number of fused-ring (bicyclic) bond motifs is 1. The van der Waals surface area contributed by atoms with Crippen molar-refractivity contribution in [2.75, 3.05) is 12.3 Å². The van der Waals surface area contributed by atoms with E-state index in [1.807, 2.05) is 42.8 Å². The molecule has 1 aliphatic rings. The van der Waals surface area contributed by atoms with Crippen molar-refractivity contribution < 1.29 is 4.79 Å². The third-order valence-electron chi connectivity index (χ3n) is 6.49. The number of nitrogen functional groups attached to an aromatic ring is 1. The van der Waals surface area contributed by atoms with Gasteiger partial charge in [-0.2, -0.15) is 0 Å². The van der Waals surface area contributed by atoms with Crippen LogP contribution in [0.3, 0.4) is 0 Å². The summed E-state index contributed by atoms with van der Waals surface area (Å²) in [6.07, 6.45) is 16.0. The topological polar surface area (TPSA) is 103 Å². The molecule has 0 bridgehead atoms. The van der Waals surface area contributed by atoms with Gasteiger partial charge in [0.25, 0.3) is 5.91 Å². The van der Waals surface area contributed by atoms with Gasteiger partial charge in [-0.15, -0.1) is 12.8 Å². The van der Waals surface area contributed by atoms with E-state index in [2.05, 4.69) is 31.8 Å². The zero-order valence-corrected chi connectivity index (χ0v) is 19.5.